The Bertz CT molecular complexity index is 539. The van der Waals surface area contributed by atoms with E-state index in [-0.39, 0.29) is 24.1 Å². The average Bonchev–Trinajstić information content (AvgIpc) is 2.95. The maximum atomic E-state index is 11.8. The van der Waals surface area contributed by atoms with Gasteiger partial charge >= 0.3 is 0 Å². The summed E-state index contributed by atoms with van der Waals surface area (Å²) in [5, 5.41) is 15.3. The lowest BCUT2D eigenvalue weighted by Gasteiger charge is -2.07. The molecule has 1 amide bonds. The molecule has 19 heavy (non-hydrogen) atoms. The highest BCUT2D eigenvalue weighted by Crippen LogP contribution is 2.18. The fourth-order valence-electron chi connectivity index (χ4n) is 1.46. The van der Waals surface area contributed by atoms with Crippen molar-refractivity contribution in [3.63, 3.8) is 0 Å². The highest BCUT2D eigenvalue weighted by molar-refractivity contribution is 5.93. The fourth-order valence-corrected chi connectivity index (χ4v) is 1.46. The molecule has 100 valence electrons. The van der Waals surface area contributed by atoms with Crippen LogP contribution in [0.2, 0.25) is 0 Å². The van der Waals surface area contributed by atoms with Gasteiger partial charge in [0, 0.05) is 37.2 Å². The van der Waals surface area contributed by atoms with Crippen molar-refractivity contribution in [3.8, 4) is 11.3 Å². The smallest absolute Gasteiger partial charge is 0.273 e. The van der Waals surface area contributed by atoms with Gasteiger partial charge in [-0.25, -0.2) is 0 Å². The summed E-state index contributed by atoms with van der Waals surface area (Å²) in [6.07, 6.45) is 3.28. The van der Waals surface area contributed by atoms with E-state index in [9.17, 15) is 4.79 Å². The van der Waals surface area contributed by atoms with Gasteiger partial charge in [-0.2, -0.15) is 0 Å². The Labute approximate surface area is 110 Å². The zero-order chi connectivity index (χ0) is 13.7. The van der Waals surface area contributed by atoms with Crippen molar-refractivity contribution < 1.29 is 14.4 Å². The molecular formula is C13H15N3O3. The lowest BCUT2D eigenvalue weighted by molar-refractivity contribution is 0.0933. The number of amides is 1. The minimum atomic E-state index is -0.315. The van der Waals surface area contributed by atoms with Crippen LogP contribution in [0.5, 0.6) is 0 Å². The Kier molecular flexibility index (Phi) is 4.25. The normalized spacial score (nSPS) is 12.1. The molecule has 2 rings (SSSR count). The van der Waals surface area contributed by atoms with E-state index < -0.39 is 0 Å². The SMILES string of the molecule is CC(CO)CNC(=O)c1cc(-c2ccncc2)on1. The number of rotatable bonds is 5. The van der Waals surface area contributed by atoms with Crippen LogP contribution in [0.4, 0.5) is 0 Å². The fraction of sp³-hybridized carbons (Fsp3) is 0.308. The van der Waals surface area contributed by atoms with E-state index >= 15 is 0 Å². The second-order valence-corrected chi connectivity index (χ2v) is 4.31. The zero-order valence-electron chi connectivity index (χ0n) is 10.5. The van der Waals surface area contributed by atoms with E-state index in [2.05, 4.69) is 15.5 Å². The molecule has 0 spiro atoms. The molecule has 0 saturated carbocycles. The van der Waals surface area contributed by atoms with E-state index in [0.29, 0.717) is 12.3 Å². The van der Waals surface area contributed by atoms with E-state index in [4.69, 9.17) is 9.63 Å². The molecule has 0 aliphatic rings. The Hall–Kier alpha value is -2.21. The van der Waals surface area contributed by atoms with Gasteiger partial charge in [0.15, 0.2) is 11.5 Å². The van der Waals surface area contributed by atoms with Crippen molar-refractivity contribution >= 4 is 5.91 Å². The Balaban J connectivity index is 2.03. The van der Waals surface area contributed by atoms with Crippen molar-refractivity contribution in [1.29, 1.82) is 0 Å². The van der Waals surface area contributed by atoms with Crippen molar-refractivity contribution in [2.45, 2.75) is 6.92 Å². The van der Waals surface area contributed by atoms with Gasteiger partial charge < -0.3 is 14.9 Å². The average molecular weight is 261 g/mol. The third-order valence-electron chi connectivity index (χ3n) is 2.63. The monoisotopic (exact) mass is 261 g/mol. The number of aromatic nitrogens is 2. The predicted molar refractivity (Wildman–Crippen MR) is 68.3 cm³/mol. The molecule has 2 heterocycles. The number of nitrogens with zero attached hydrogens (tertiary/aromatic N) is 2. The van der Waals surface area contributed by atoms with Crippen molar-refractivity contribution in [2.24, 2.45) is 5.92 Å². The van der Waals surface area contributed by atoms with Crippen molar-refractivity contribution in [1.82, 2.24) is 15.5 Å². The highest BCUT2D eigenvalue weighted by atomic mass is 16.5. The Morgan fingerprint density at radius 1 is 1.47 bits per heavy atom. The largest absolute Gasteiger partial charge is 0.396 e. The van der Waals surface area contributed by atoms with E-state index in [1.807, 2.05) is 6.92 Å². The molecule has 6 heteroatoms. The van der Waals surface area contributed by atoms with E-state index in [0.717, 1.165) is 5.56 Å². The predicted octanol–water partition coefficient (Wildman–Crippen LogP) is 1.09. The molecule has 0 bridgehead atoms. The Morgan fingerprint density at radius 3 is 2.89 bits per heavy atom. The standard InChI is InChI=1S/C13H15N3O3/c1-9(8-17)7-15-13(18)11-6-12(19-16-11)10-2-4-14-5-3-10/h2-6,9,17H,7-8H2,1H3,(H,15,18). The van der Waals surface area contributed by atoms with Gasteiger partial charge in [-0.1, -0.05) is 12.1 Å². The first-order valence-electron chi connectivity index (χ1n) is 5.97. The summed E-state index contributed by atoms with van der Waals surface area (Å²) in [5.41, 5.74) is 1.03. The second-order valence-electron chi connectivity index (χ2n) is 4.31. The first-order chi connectivity index (χ1) is 9.20. The quantitative estimate of drug-likeness (QED) is 0.841. The van der Waals surface area contributed by atoms with Crippen LogP contribution in [0, 0.1) is 5.92 Å². The molecule has 1 unspecified atom stereocenters. The van der Waals surface area contributed by atoms with Crippen LogP contribution in [-0.4, -0.2) is 34.3 Å². The number of pyridine rings is 1. The number of nitrogens with one attached hydrogen (secondary N) is 1. The minimum Gasteiger partial charge on any atom is -0.396 e. The molecule has 2 aromatic heterocycles. The van der Waals surface area contributed by atoms with Gasteiger partial charge in [0.1, 0.15) is 0 Å². The zero-order valence-corrected chi connectivity index (χ0v) is 10.5. The third kappa shape index (κ3) is 3.38. The molecule has 0 radical (unpaired) electrons. The van der Waals surface area contributed by atoms with Crippen LogP contribution in [0.1, 0.15) is 17.4 Å². The molecule has 1 atom stereocenters. The number of hydrogen-bond acceptors (Lipinski definition) is 5. The summed E-state index contributed by atoms with van der Waals surface area (Å²) in [6.45, 7) is 2.26. The van der Waals surface area contributed by atoms with E-state index in [1.165, 1.54) is 0 Å². The van der Waals surface area contributed by atoms with Gasteiger partial charge in [0.2, 0.25) is 0 Å². The van der Waals surface area contributed by atoms with Crippen LogP contribution in [0.3, 0.4) is 0 Å². The molecular weight excluding hydrogens is 246 g/mol. The van der Waals surface area contributed by atoms with Gasteiger partial charge in [-0.05, 0) is 18.1 Å². The molecule has 0 aliphatic carbocycles. The lowest BCUT2D eigenvalue weighted by Crippen LogP contribution is -2.29. The van der Waals surface area contributed by atoms with Crippen LogP contribution in [0.15, 0.2) is 35.1 Å². The molecule has 0 aromatic carbocycles. The lowest BCUT2D eigenvalue weighted by atomic mass is 10.2. The number of carbonyl (C=O) groups excluding carboxylic acids is 1. The molecule has 2 N–H and O–H groups in total. The molecule has 0 fully saturated rings. The maximum absolute atomic E-state index is 11.8. The number of hydrogen-bond donors (Lipinski definition) is 2. The maximum Gasteiger partial charge on any atom is 0.273 e. The van der Waals surface area contributed by atoms with Crippen LogP contribution in [0.25, 0.3) is 11.3 Å². The summed E-state index contributed by atoms with van der Waals surface area (Å²) in [7, 11) is 0. The highest BCUT2D eigenvalue weighted by Gasteiger charge is 2.14. The first kappa shape index (κ1) is 13.2. The van der Waals surface area contributed by atoms with Crippen molar-refractivity contribution in [2.75, 3.05) is 13.2 Å². The summed E-state index contributed by atoms with van der Waals surface area (Å²) in [5.74, 6) is 0.211. The summed E-state index contributed by atoms with van der Waals surface area (Å²) in [6, 6.07) is 5.13. The second kappa shape index (κ2) is 6.10. The summed E-state index contributed by atoms with van der Waals surface area (Å²) < 4.78 is 5.12. The molecule has 0 saturated heterocycles. The molecule has 6 nitrogen and oxygen atoms in total. The minimum absolute atomic E-state index is 0.00974. The number of aliphatic hydroxyl groups excluding tert-OH is 1. The molecule has 2 aromatic rings. The topological polar surface area (TPSA) is 88.2 Å². The van der Waals surface area contributed by atoms with Gasteiger partial charge in [0.25, 0.3) is 5.91 Å². The number of aliphatic hydroxyl groups is 1. The Morgan fingerprint density at radius 2 is 2.21 bits per heavy atom. The van der Waals surface area contributed by atoms with Crippen LogP contribution in [-0.2, 0) is 0 Å². The number of carbonyl (C=O) groups is 1. The molecule has 0 aliphatic heterocycles. The van der Waals surface area contributed by atoms with Gasteiger partial charge in [0.05, 0.1) is 0 Å². The van der Waals surface area contributed by atoms with Gasteiger partial charge in [-0.15, -0.1) is 0 Å². The van der Waals surface area contributed by atoms with Crippen LogP contribution < -0.4 is 5.32 Å². The summed E-state index contributed by atoms with van der Waals surface area (Å²) in [4.78, 5) is 15.7. The third-order valence-corrected chi connectivity index (χ3v) is 2.63. The summed E-state index contributed by atoms with van der Waals surface area (Å²) >= 11 is 0. The van der Waals surface area contributed by atoms with E-state index in [1.54, 1.807) is 30.6 Å². The van der Waals surface area contributed by atoms with Crippen LogP contribution >= 0.6 is 0 Å². The van der Waals surface area contributed by atoms with Crippen molar-refractivity contribution in [3.05, 3.63) is 36.3 Å². The first-order valence-corrected chi connectivity index (χ1v) is 5.97. The van der Waals surface area contributed by atoms with Gasteiger partial charge in [-0.3, -0.25) is 9.78 Å².